The van der Waals surface area contributed by atoms with E-state index in [2.05, 4.69) is 32.8 Å². The highest BCUT2D eigenvalue weighted by Crippen LogP contribution is 2.23. The minimum absolute atomic E-state index is 0.130. The van der Waals surface area contributed by atoms with Crippen LogP contribution in [0.3, 0.4) is 0 Å². The van der Waals surface area contributed by atoms with Crippen molar-refractivity contribution in [1.82, 2.24) is 5.43 Å². The molecule has 3 N–H and O–H groups in total. The number of alkyl halides is 2. The molecule has 2 rings (SSSR count). The smallest absolute Gasteiger partial charge is 0.387 e. The number of ether oxygens (including phenoxy) is 1. The fourth-order valence-corrected chi connectivity index (χ4v) is 2.40. The van der Waals surface area contributed by atoms with Crippen LogP contribution in [0.4, 0.5) is 8.78 Å². The van der Waals surface area contributed by atoms with E-state index in [4.69, 9.17) is 5.84 Å². The van der Waals surface area contributed by atoms with Crippen molar-refractivity contribution in [2.75, 3.05) is 0 Å². The van der Waals surface area contributed by atoms with Gasteiger partial charge in [-0.3, -0.25) is 11.3 Å². The zero-order valence-corrected chi connectivity index (χ0v) is 13.3. The molecule has 0 amide bonds. The van der Waals surface area contributed by atoms with Gasteiger partial charge in [0.25, 0.3) is 0 Å². The van der Waals surface area contributed by atoms with Gasteiger partial charge in [-0.25, -0.2) is 0 Å². The van der Waals surface area contributed by atoms with Crippen molar-refractivity contribution in [3.05, 3.63) is 63.2 Å². The SMILES string of the molecule is NNC(Cc1ccc(I)cc1)c1cccc(OC(F)F)c1. The Hall–Kier alpha value is -1.25. The first kappa shape index (κ1) is 16.1. The molecule has 0 aliphatic heterocycles. The molecule has 0 heterocycles. The topological polar surface area (TPSA) is 47.3 Å². The fourth-order valence-electron chi connectivity index (χ4n) is 2.04. The summed E-state index contributed by atoms with van der Waals surface area (Å²) in [4.78, 5) is 0. The normalized spacial score (nSPS) is 12.4. The number of hydrogen-bond donors (Lipinski definition) is 2. The standard InChI is InChI=1S/C15H15F2IN2O/c16-15(17)21-13-3-1-2-11(9-13)14(20-19)8-10-4-6-12(18)7-5-10/h1-7,9,14-15,20H,8,19H2. The Balaban J connectivity index is 2.15. The third-order valence-corrected chi connectivity index (χ3v) is 3.76. The van der Waals surface area contributed by atoms with Gasteiger partial charge in [-0.2, -0.15) is 8.78 Å². The van der Waals surface area contributed by atoms with Gasteiger partial charge in [-0.15, -0.1) is 0 Å². The second kappa shape index (κ2) is 7.67. The first-order valence-electron chi connectivity index (χ1n) is 6.34. The van der Waals surface area contributed by atoms with Gasteiger partial charge in [-0.1, -0.05) is 24.3 Å². The summed E-state index contributed by atoms with van der Waals surface area (Å²) in [6, 6.07) is 14.5. The first-order chi connectivity index (χ1) is 10.1. The molecule has 1 unspecified atom stereocenters. The Kier molecular flexibility index (Phi) is 5.89. The summed E-state index contributed by atoms with van der Waals surface area (Å²) in [5.74, 6) is 5.72. The number of benzene rings is 2. The number of halogens is 3. The van der Waals surface area contributed by atoms with Gasteiger partial charge in [-0.05, 0) is 64.4 Å². The third-order valence-electron chi connectivity index (χ3n) is 3.04. The maximum Gasteiger partial charge on any atom is 0.387 e. The van der Waals surface area contributed by atoms with Crippen molar-refractivity contribution >= 4 is 22.6 Å². The molecule has 0 fully saturated rings. The van der Waals surface area contributed by atoms with E-state index in [0.717, 1.165) is 14.7 Å². The van der Waals surface area contributed by atoms with Crippen LogP contribution < -0.4 is 16.0 Å². The van der Waals surface area contributed by atoms with E-state index in [-0.39, 0.29) is 11.8 Å². The summed E-state index contributed by atoms with van der Waals surface area (Å²) in [6.45, 7) is -2.83. The highest BCUT2D eigenvalue weighted by molar-refractivity contribution is 14.1. The molecule has 0 spiro atoms. The second-order valence-electron chi connectivity index (χ2n) is 4.50. The zero-order valence-electron chi connectivity index (χ0n) is 11.1. The number of hydrogen-bond acceptors (Lipinski definition) is 3. The molecule has 2 aromatic rings. The molecular weight excluding hydrogens is 389 g/mol. The lowest BCUT2D eigenvalue weighted by Gasteiger charge is -2.17. The lowest BCUT2D eigenvalue weighted by atomic mass is 9.99. The summed E-state index contributed by atoms with van der Waals surface area (Å²) in [5.41, 5.74) is 4.63. The summed E-state index contributed by atoms with van der Waals surface area (Å²) in [5, 5.41) is 0. The Morgan fingerprint density at radius 1 is 1.14 bits per heavy atom. The van der Waals surface area contributed by atoms with E-state index in [9.17, 15) is 8.78 Å². The molecule has 1 atom stereocenters. The minimum Gasteiger partial charge on any atom is -0.435 e. The predicted octanol–water partition coefficient (Wildman–Crippen LogP) is 3.64. The Labute approximate surface area is 135 Å². The highest BCUT2D eigenvalue weighted by atomic mass is 127. The van der Waals surface area contributed by atoms with Gasteiger partial charge in [0.05, 0.1) is 6.04 Å². The van der Waals surface area contributed by atoms with Gasteiger partial charge < -0.3 is 4.74 Å². The van der Waals surface area contributed by atoms with Crippen LogP contribution in [0, 0.1) is 3.57 Å². The number of hydrazine groups is 1. The molecule has 0 saturated carbocycles. The lowest BCUT2D eigenvalue weighted by molar-refractivity contribution is -0.0499. The van der Waals surface area contributed by atoms with Crippen LogP contribution in [-0.2, 0) is 6.42 Å². The molecule has 0 saturated heterocycles. The second-order valence-corrected chi connectivity index (χ2v) is 5.75. The monoisotopic (exact) mass is 404 g/mol. The largest absolute Gasteiger partial charge is 0.435 e. The highest BCUT2D eigenvalue weighted by Gasteiger charge is 2.13. The van der Waals surface area contributed by atoms with Crippen LogP contribution in [0.1, 0.15) is 17.2 Å². The zero-order chi connectivity index (χ0) is 15.2. The Morgan fingerprint density at radius 2 is 1.86 bits per heavy atom. The molecule has 21 heavy (non-hydrogen) atoms. The van der Waals surface area contributed by atoms with Crippen LogP contribution in [0.5, 0.6) is 5.75 Å². The maximum absolute atomic E-state index is 12.3. The van der Waals surface area contributed by atoms with Crippen molar-refractivity contribution in [1.29, 1.82) is 0 Å². The van der Waals surface area contributed by atoms with Crippen LogP contribution in [0.25, 0.3) is 0 Å². The number of nitrogens with two attached hydrogens (primary N) is 1. The summed E-state index contributed by atoms with van der Waals surface area (Å²) < 4.78 is 30.1. The molecule has 0 aliphatic rings. The molecule has 2 aromatic carbocycles. The quantitative estimate of drug-likeness (QED) is 0.439. The van der Waals surface area contributed by atoms with Gasteiger partial charge in [0, 0.05) is 3.57 Å². The number of nitrogens with one attached hydrogen (secondary N) is 1. The lowest BCUT2D eigenvalue weighted by Crippen LogP contribution is -2.29. The van der Waals surface area contributed by atoms with Crippen molar-refractivity contribution in [3.63, 3.8) is 0 Å². The van der Waals surface area contributed by atoms with E-state index in [1.54, 1.807) is 12.1 Å². The van der Waals surface area contributed by atoms with E-state index in [1.807, 2.05) is 30.3 Å². The molecule has 0 aromatic heterocycles. The van der Waals surface area contributed by atoms with Crippen LogP contribution in [-0.4, -0.2) is 6.61 Å². The summed E-state index contributed by atoms with van der Waals surface area (Å²) >= 11 is 2.24. The van der Waals surface area contributed by atoms with E-state index >= 15 is 0 Å². The molecule has 3 nitrogen and oxygen atoms in total. The molecule has 112 valence electrons. The van der Waals surface area contributed by atoms with Crippen molar-refractivity contribution < 1.29 is 13.5 Å². The maximum atomic E-state index is 12.3. The average molecular weight is 404 g/mol. The van der Waals surface area contributed by atoms with Gasteiger partial charge in [0.2, 0.25) is 0 Å². The van der Waals surface area contributed by atoms with Gasteiger partial charge in [0.15, 0.2) is 0 Å². The Bertz CT molecular complexity index is 578. The van der Waals surface area contributed by atoms with Crippen LogP contribution in [0.15, 0.2) is 48.5 Å². The van der Waals surface area contributed by atoms with Crippen LogP contribution >= 0.6 is 22.6 Å². The summed E-state index contributed by atoms with van der Waals surface area (Å²) in [6.07, 6.45) is 0.658. The third kappa shape index (κ3) is 4.90. The van der Waals surface area contributed by atoms with E-state index in [1.165, 1.54) is 6.07 Å². The van der Waals surface area contributed by atoms with E-state index in [0.29, 0.717) is 6.42 Å². The fraction of sp³-hybridized carbons (Fsp3) is 0.200. The van der Waals surface area contributed by atoms with Crippen LogP contribution in [0.2, 0.25) is 0 Å². The van der Waals surface area contributed by atoms with E-state index < -0.39 is 6.61 Å². The van der Waals surface area contributed by atoms with Crippen molar-refractivity contribution in [3.8, 4) is 5.75 Å². The number of rotatable bonds is 6. The average Bonchev–Trinajstić information content (AvgIpc) is 2.46. The first-order valence-corrected chi connectivity index (χ1v) is 7.41. The molecule has 0 bridgehead atoms. The molecular formula is C15H15F2IN2O. The van der Waals surface area contributed by atoms with Crippen molar-refractivity contribution in [2.24, 2.45) is 5.84 Å². The minimum atomic E-state index is -2.83. The van der Waals surface area contributed by atoms with Crippen molar-refractivity contribution in [2.45, 2.75) is 19.1 Å². The predicted molar refractivity (Wildman–Crippen MR) is 86.0 cm³/mol. The van der Waals surface area contributed by atoms with Gasteiger partial charge >= 0.3 is 6.61 Å². The molecule has 0 radical (unpaired) electrons. The summed E-state index contributed by atoms with van der Waals surface area (Å²) in [7, 11) is 0. The Morgan fingerprint density at radius 3 is 2.48 bits per heavy atom. The van der Waals surface area contributed by atoms with Gasteiger partial charge in [0.1, 0.15) is 5.75 Å². The molecule has 0 aliphatic carbocycles. The molecule has 6 heteroatoms.